The third-order valence-corrected chi connectivity index (χ3v) is 8.85. The molecule has 0 fully saturated rings. The molecular weight excluding hydrogens is 574 g/mol. The van der Waals surface area contributed by atoms with Crippen molar-refractivity contribution < 1.29 is 36.6 Å². The first-order chi connectivity index (χ1) is 20.4. The number of nitrogens with one attached hydrogen (secondary N) is 2. The van der Waals surface area contributed by atoms with Gasteiger partial charge in [-0.3, -0.25) is 5.32 Å². The molecule has 2 heterocycles. The maximum Gasteiger partial charge on any atom is 0.414 e. The molecule has 0 aliphatic rings. The van der Waals surface area contributed by atoms with E-state index < -0.39 is 27.9 Å². The van der Waals surface area contributed by atoms with E-state index in [2.05, 4.69) is 23.9 Å². The number of sulfonamides is 1. The molecule has 12 heteroatoms. The molecule has 232 valence electrons. The molecule has 0 aliphatic carbocycles. The number of benzene rings is 2. The number of rotatable bonds is 14. The van der Waals surface area contributed by atoms with Gasteiger partial charge in [0.25, 0.3) is 0 Å². The molecule has 0 saturated heterocycles. The number of furan rings is 2. The van der Waals surface area contributed by atoms with E-state index in [-0.39, 0.29) is 28.3 Å². The summed E-state index contributed by atoms with van der Waals surface area (Å²) in [4.78, 5) is 13.2. The van der Waals surface area contributed by atoms with Crippen molar-refractivity contribution in [3.63, 3.8) is 0 Å². The highest BCUT2D eigenvalue weighted by atomic mass is 32.2. The van der Waals surface area contributed by atoms with Crippen LogP contribution in [0.1, 0.15) is 44.7 Å². The van der Waals surface area contributed by atoms with Gasteiger partial charge in [-0.15, -0.1) is 0 Å². The lowest BCUT2D eigenvalue weighted by atomic mass is 9.81. The van der Waals surface area contributed by atoms with Crippen molar-refractivity contribution in [1.82, 2.24) is 10.0 Å². The van der Waals surface area contributed by atoms with Gasteiger partial charge in [0.1, 0.15) is 23.1 Å². The quantitative estimate of drug-likeness (QED) is 0.147. The van der Waals surface area contributed by atoms with Crippen molar-refractivity contribution in [3.8, 4) is 11.5 Å². The van der Waals surface area contributed by atoms with E-state index >= 15 is 0 Å². The first-order valence-corrected chi connectivity index (χ1v) is 15.4. The number of carbonyl (C=O) groups is 1. The molecule has 0 radical (unpaired) electrons. The maximum atomic E-state index is 14.0. The molecule has 4 rings (SSSR count). The van der Waals surface area contributed by atoms with E-state index in [0.29, 0.717) is 35.2 Å². The number of hydrogen-bond donors (Lipinski definition) is 4. The van der Waals surface area contributed by atoms with Gasteiger partial charge in [-0.25, -0.2) is 13.2 Å². The summed E-state index contributed by atoms with van der Waals surface area (Å²) >= 11 is 0. The van der Waals surface area contributed by atoms with Crippen LogP contribution in [0.15, 0.2) is 80.9 Å². The van der Waals surface area contributed by atoms with Crippen LogP contribution >= 0.6 is 0 Å². The van der Waals surface area contributed by atoms with E-state index in [4.69, 9.17) is 24.0 Å². The van der Waals surface area contributed by atoms with Crippen molar-refractivity contribution >= 4 is 27.3 Å². The number of methoxy groups -OCH3 is 1. The Hall–Kier alpha value is -3.84. The van der Waals surface area contributed by atoms with Gasteiger partial charge in [0.2, 0.25) is 10.0 Å². The van der Waals surface area contributed by atoms with Crippen molar-refractivity contribution in [1.29, 1.82) is 0 Å². The van der Waals surface area contributed by atoms with E-state index in [1.165, 1.54) is 32.6 Å². The number of carbonyl (C=O) groups excluding carboxylic acids is 1. The standard InChI is InChI=1S/C31H39N3O8S/c1-21(35)31(18-22-9-6-5-7-10-22,33-29(36)42-27-20-41-28-25(27)13-16-40-28)34-43(37,38)24-11-12-26(39-4)23(17-24)19-30(2,3)14-8-15-32/h5-7,9-13,16-17,20-21,34-35H,8,14-15,18-19,32H2,1-4H3,(H,33,36)/t21-,31+/m1/s1. The van der Waals surface area contributed by atoms with E-state index in [9.17, 15) is 18.3 Å². The summed E-state index contributed by atoms with van der Waals surface area (Å²) < 4.78 is 51.9. The molecule has 43 heavy (non-hydrogen) atoms. The Labute approximate surface area is 251 Å². The van der Waals surface area contributed by atoms with Crippen LogP contribution in [-0.2, 0) is 22.9 Å². The molecule has 0 spiro atoms. The van der Waals surface area contributed by atoms with Crippen LogP contribution in [0, 0.1) is 5.41 Å². The Kier molecular flexibility index (Phi) is 9.86. The van der Waals surface area contributed by atoms with Crippen molar-refractivity contribution in [3.05, 3.63) is 78.3 Å². The van der Waals surface area contributed by atoms with Crippen molar-refractivity contribution in [2.24, 2.45) is 11.1 Å². The molecule has 2 aromatic carbocycles. The van der Waals surface area contributed by atoms with Gasteiger partial charge in [-0.1, -0.05) is 44.2 Å². The number of nitrogens with two attached hydrogens (primary N) is 1. The van der Waals surface area contributed by atoms with Crippen LogP contribution in [0.25, 0.3) is 11.2 Å². The van der Waals surface area contributed by atoms with E-state index in [0.717, 1.165) is 12.8 Å². The first kappa shape index (κ1) is 32.1. The zero-order valence-corrected chi connectivity index (χ0v) is 25.6. The van der Waals surface area contributed by atoms with E-state index in [1.807, 2.05) is 6.07 Å². The Morgan fingerprint density at radius 3 is 2.49 bits per heavy atom. The number of amides is 1. The SMILES string of the molecule is COc1ccc(S(=O)(=O)N[C@](Cc2ccccc2)(NC(=O)Oc2coc3occc23)[C@@H](C)O)cc1CC(C)(C)CCCN. The van der Waals surface area contributed by atoms with Crippen LogP contribution < -0.4 is 25.2 Å². The van der Waals surface area contributed by atoms with Gasteiger partial charge in [-0.2, -0.15) is 4.72 Å². The van der Waals surface area contributed by atoms with Crippen LogP contribution in [-0.4, -0.2) is 45.0 Å². The second kappa shape index (κ2) is 13.2. The third-order valence-electron chi connectivity index (χ3n) is 7.34. The smallest absolute Gasteiger partial charge is 0.414 e. The van der Waals surface area contributed by atoms with Gasteiger partial charge in [0.05, 0.1) is 24.4 Å². The normalized spacial score (nSPS) is 14.3. The Morgan fingerprint density at radius 2 is 1.81 bits per heavy atom. The fourth-order valence-corrected chi connectivity index (χ4v) is 6.47. The summed E-state index contributed by atoms with van der Waals surface area (Å²) in [6.07, 6.45) is 2.29. The fourth-order valence-electron chi connectivity index (χ4n) is 5.03. The molecule has 2 aromatic heterocycles. The third kappa shape index (κ3) is 7.77. The van der Waals surface area contributed by atoms with Crippen LogP contribution in [0.4, 0.5) is 4.79 Å². The Morgan fingerprint density at radius 1 is 1.07 bits per heavy atom. The molecule has 1 amide bonds. The molecule has 4 aromatic rings. The lowest BCUT2D eigenvalue weighted by Crippen LogP contribution is -2.68. The van der Waals surface area contributed by atoms with Crippen LogP contribution in [0.3, 0.4) is 0 Å². The highest BCUT2D eigenvalue weighted by Gasteiger charge is 2.42. The summed E-state index contributed by atoms with van der Waals surface area (Å²) in [5.74, 6) is 0.787. The van der Waals surface area contributed by atoms with Crippen LogP contribution in [0.2, 0.25) is 0 Å². The summed E-state index contributed by atoms with van der Waals surface area (Å²) in [6.45, 7) is 6.13. The summed E-state index contributed by atoms with van der Waals surface area (Å²) in [6, 6.07) is 15.0. The second-order valence-corrected chi connectivity index (χ2v) is 13.0. The minimum Gasteiger partial charge on any atom is -0.496 e. The minimum absolute atomic E-state index is 0.0545. The van der Waals surface area contributed by atoms with Gasteiger partial charge in [0.15, 0.2) is 5.75 Å². The topological polar surface area (TPSA) is 166 Å². The number of ether oxygens (including phenoxy) is 2. The zero-order valence-electron chi connectivity index (χ0n) is 24.8. The summed E-state index contributed by atoms with van der Waals surface area (Å²) in [5, 5.41) is 14.1. The first-order valence-electron chi connectivity index (χ1n) is 14.0. The molecule has 0 saturated carbocycles. The lowest BCUT2D eigenvalue weighted by molar-refractivity contribution is 0.0651. The van der Waals surface area contributed by atoms with Crippen LogP contribution in [0.5, 0.6) is 11.5 Å². The number of aliphatic hydroxyl groups excluding tert-OH is 1. The van der Waals surface area contributed by atoms with Gasteiger partial charge in [0, 0.05) is 6.42 Å². The van der Waals surface area contributed by atoms with Crippen molar-refractivity contribution in [2.75, 3.05) is 13.7 Å². The predicted octanol–water partition coefficient (Wildman–Crippen LogP) is 4.73. The molecule has 11 nitrogen and oxygen atoms in total. The average molecular weight is 614 g/mol. The molecule has 5 N–H and O–H groups in total. The Balaban J connectivity index is 1.68. The number of aliphatic hydroxyl groups is 1. The van der Waals surface area contributed by atoms with Gasteiger partial charge < -0.3 is 29.1 Å². The summed E-state index contributed by atoms with van der Waals surface area (Å²) in [5.41, 5.74) is 5.00. The Bertz CT molecular complexity index is 1630. The zero-order chi connectivity index (χ0) is 31.3. The van der Waals surface area contributed by atoms with E-state index in [1.54, 1.807) is 42.5 Å². The minimum atomic E-state index is -4.33. The predicted molar refractivity (Wildman–Crippen MR) is 161 cm³/mol. The molecule has 0 unspecified atom stereocenters. The molecular formula is C31H39N3O8S. The summed E-state index contributed by atoms with van der Waals surface area (Å²) in [7, 11) is -2.79. The highest BCUT2D eigenvalue weighted by molar-refractivity contribution is 7.89. The highest BCUT2D eigenvalue weighted by Crippen LogP contribution is 2.34. The molecule has 0 bridgehead atoms. The maximum absolute atomic E-state index is 14.0. The van der Waals surface area contributed by atoms with Gasteiger partial charge in [-0.05, 0) is 73.5 Å². The molecule has 2 atom stereocenters. The number of hydrogen-bond acceptors (Lipinski definition) is 9. The fraction of sp³-hybridized carbons (Fsp3) is 0.387. The van der Waals surface area contributed by atoms with Crippen molar-refractivity contribution in [2.45, 2.75) is 63.1 Å². The van der Waals surface area contributed by atoms with Gasteiger partial charge >= 0.3 is 11.9 Å². The second-order valence-electron chi connectivity index (χ2n) is 11.4. The molecule has 0 aliphatic heterocycles. The number of fused-ring (bicyclic) bond motifs is 1. The monoisotopic (exact) mass is 613 g/mol. The lowest BCUT2D eigenvalue weighted by Gasteiger charge is -2.37. The largest absolute Gasteiger partial charge is 0.496 e. The average Bonchev–Trinajstić information content (AvgIpc) is 3.57.